The van der Waals surface area contributed by atoms with Crippen molar-refractivity contribution in [3.63, 3.8) is 0 Å². The van der Waals surface area contributed by atoms with Gasteiger partial charge in [0.25, 0.3) is 0 Å². The maximum Gasteiger partial charge on any atom is 0.0949 e. The van der Waals surface area contributed by atoms with E-state index in [1.165, 1.54) is 20.9 Å². The van der Waals surface area contributed by atoms with Gasteiger partial charge in [0.15, 0.2) is 0 Å². The molecule has 3 heteroatoms. The summed E-state index contributed by atoms with van der Waals surface area (Å²) in [7, 11) is 0. The fourth-order valence-corrected chi connectivity index (χ4v) is 3.24. The molecule has 0 fully saturated rings. The molecule has 0 bridgehead atoms. The molecule has 68 valence electrons. The highest BCUT2D eigenvalue weighted by atomic mass is 32.1. The zero-order chi connectivity index (χ0) is 9.42. The lowest BCUT2D eigenvalue weighted by Crippen LogP contribution is -1.82. The van der Waals surface area contributed by atoms with E-state index < -0.39 is 0 Å². The molecule has 0 saturated heterocycles. The Morgan fingerprint density at radius 1 is 1.31 bits per heavy atom. The van der Waals surface area contributed by atoms with Crippen LogP contribution in [0.15, 0.2) is 17.5 Å². The maximum absolute atomic E-state index is 5.96. The number of nitrogens with two attached hydrogens (primary N) is 1. The third kappa shape index (κ3) is 1.38. The highest BCUT2D eigenvalue weighted by Gasteiger charge is 2.12. The van der Waals surface area contributed by atoms with E-state index in [1.807, 2.05) is 0 Å². The van der Waals surface area contributed by atoms with Gasteiger partial charge in [-0.25, -0.2) is 0 Å². The van der Waals surface area contributed by atoms with Crippen molar-refractivity contribution in [1.29, 1.82) is 0 Å². The van der Waals surface area contributed by atoms with E-state index >= 15 is 0 Å². The minimum Gasteiger partial charge on any atom is -0.390 e. The SMILES string of the molecule is Cc1sc(N)c(-c2cccs2)c1C. The van der Waals surface area contributed by atoms with Gasteiger partial charge in [-0.1, -0.05) is 6.07 Å². The van der Waals surface area contributed by atoms with Crippen molar-refractivity contribution in [2.24, 2.45) is 0 Å². The van der Waals surface area contributed by atoms with Gasteiger partial charge in [0.1, 0.15) is 0 Å². The predicted octanol–water partition coefficient (Wildman–Crippen LogP) is 3.68. The van der Waals surface area contributed by atoms with Crippen molar-refractivity contribution in [1.82, 2.24) is 0 Å². The van der Waals surface area contributed by atoms with Gasteiger partial charge < -0.3 is 5.73 Å². The van der Waals surface area contributed by atoms with Crippen molar-refractivity contribution in [2.75, 3.05) is 5.73 Å². The quantitative estimate of drug-likeness (QED) is 0.762. The highest BCUT2D eigenvalue weighted by molar-refractivity contribution is 7.18. The van der Waals surface area contributed by atoms with Crippen molar-refractivity contribution in [3.05, 3.63) is 28.0 Å². The predicted molar refractivity (Wildman–Crippen MR) is 61.5 cm³/mol. The normalized spacial score (nSPS) is 10.6. The molecule has 0 aliphatic rings. The second-order valence-corrected chi connectivity index (χ2v) is 5.20. The number of nitrogen functional groups attached to an aromatic ring is 1. The van der Waals surface area contributed by atoms with Gasteiger partial charge in [-0.3, -0.25) is 0 Å². The number of hydrogen-bond acceptors (Lipinski definition) is 3. The summed E-state index contributed by atoms with van der Waals surface area (Å²) in [4.78, 5) is 2.60. The molecule has 0 aromatic carbocycles. The lowest BCUT2D eigenvalue weighted by atomic mass is 10.1. The molecule has 0 aliphatic heterocycles. The van der Waals surface area contributed by atoms with Crippen LogP contribution in [0, 0.1) is 13.8 Å². The second-order valence-electron chi connectivity index (χ2n) is 3.00. The minimum absolute atomic E-state index is 0.942. The van der Waals surface area contributed by atoms with Gasteiger partial charge in [-0.15, -0.1) is 22.7 Å². The van der Waals surface area contributed by atoms with E-state index in [0.29, 0.717) is 0 Å². The Bertz CT molecular complexity index is 412. The molecule has 2 rings (SSSR count). The third-order valence-electron chi connectivity index (χ3n) is 2.18. The standard InChI is InChI=1S/C10H11NS2/c1-6-7(2)13-10(11)9(6)8-4-3-5-12-8/h3-5H,11H2,1-2H3. The summed E-state index contributed by atoms with van der Waals surface area (Å²) in [5, 5.41) is 3.03. The second kappa shape index (κ2) is 3.16. The summed E-state index contributed by atoms with van der Waals surface area (Å²) >= 11 is 3.42. The summed E-state index contributed by atoms with van der Waals surface area (Å²) in [6, 6.07) is 4.18. The molecular weight excluding hydrogens is 198 g/mol. The molecule has 0 spiro atoms. The monoisotopic (exact) mass is 209 g/mol. The van der Waals surface area contributed by atoms with Crippen molar-refractivity contribution >= 4 is 27.7 Å². The summed E-state index contributed by atoms with van der Waals surface area (Å²) in [5.41, 5.74) is 8.52. The average molecular weight is 209 g/mol. The Labute approximate surface area is 85.8 Å². The molecule has 2 N–H and O–H groups in total. The summed E-state index contributed by atoms with van der Waals surface area (Å²) < 4.78 is 0. The van der Waals surface area contributed by atoms with Crippen LogP contribution in [0.1, 0.15) is 10.4 Å². The smallest absolute Gasteiger partial charge is 0.0949 e. The molecule has 0 unspecified atom stereocenters. The van der Waals surface area contributed by atoms with Crippen LogP contribution in [0.4, 0.5) is 5.00 Å². The van der Waals surface area contributed by atoms with Crippen molar-refractivity contribution < 1.29 is 0 Å². The van der Waals surface area contributed by atoms with Crippen molar-refractivity contribution in [2.45, 2.75) is 13.8 Å². The molecule has 0 aliphatic carbocycles. The van der Waals surface area contributed by atoms with E-state index in [9.17, 15) is 0 Å². The third-order valence-corrected chi connectivity index (χ3v) is 4.10. The largest absolute Gasteiger partial charge is 0.390 e. The first kappa shape index (κ1) is 8.78. The van der Waals surface area contributed by atoms with Gasteiger partial charge in [0.05, 0.1) is 5.00 Å². The van der Waals surface area contributed by atoms with Crippen LogP contribution in [0.2, 0.25) is 0 Å². The Morgan fingerprint density at radius 3 is 2.54 bits per heavy atom. The summed E-state index contributed by atoms with van der Waals surface area (Å²) in [6.07, 6.45) is 0. The molecule has 1 nitrogen and oxygen atoms in total. The van der Waals surface area contributed by atoms with Crippen LogP contribution in [-0.2, 0) is 0 Å². The topological polar surface area (TPSA) is 26.0 Å². The van der Waals surface area contributed by atoms with Gasteiger partial charge in [-0.2, -0.15) is 0 Å². The van der Waals surface area contributed by atoms with E-state index in [1.54, 1.807) is 22.7 Å². The first-order valence-electron chi connectivity index (χ1n) is 4.09. The number of anilines is 1. The van der Waals surface area contributed by atoms with Gasteiger partial charge >= 0.3 is 0 Å². The van der Waals surface area contributed by atoms with Crippen LogP contribution in [0.25, 0.3) is 10.4 Å². The fraction of sp³-hybridized carbons (Fsp3) is 0.200. The molecule has 0 saturated carbocycles. The summed E-state index contributed by atoms with van der Waals surface area (Å²) in [6.45, 7) is 4.25. The number of rotatable bonds is 1. The van der Waals surface area contributed by atoms with Gasteiger partial charge in [0.2, 0.25) is 0 Å². The van der Waals surface area contributed by atoms with Crippen molar-refractivity contribution in [3.8, 4) is 10.4 Å². The molecular formula is C10H11NS2. The zero-order valence-electron chi connectivity index (χ0n) is 7.63. The molecule has 0 radical (unpaired) electrons. The molecule has 0 amide bonds. The molecule has 2 aromatic rings. The highest BCUT2D eigenvalue weighted by Crippen LogP contribution is 2.39. The Morgan fingerprint density at radius 2 is 2.08 bits per heavy atom. The molecule has 0 atom stereocenters. The van der Waals surface area contributed by atoms with E-state index in [4.69, 9.17) is 5.73 Å². The van der Waals surface area contributed by atoms with Crippen LogP contribution < -0.4 is 5.73 Å². The van der Waals surface area contributed by atoms with Crippen LogP contribution in [0.5, 0.6) is 0 Å². The van der Waals surface area contributed by atoms with E-state index in [2.05, 4.69) is 31.4 Å². The summed E-state index contributed by atoms with van der Waals surface area (Å²) in [5.74, 6) is 0. The van der Waals surface area contributed by atoms with Gasteiger partial charge in [0, 0.05) is 15.3 Å². The average Bonchev–Trinajstić information content (AvgIpc) is 2.63. The minimum atomic E-state index is 0.942. The first-order valence-corrected chi connectivity index (χ1v) is 5.79. The first-order chi connectivity index (χ1) is 6.20. The van der Waals surface area contributed by atoms with Crippen LogP contribution in [-0.4, -0.2) is 0 Å². The number of thiophene rings is 2. The Kier molecular flexibility index (Phi) is 2.14. The maximum atomic E-state index is 5.96. The Balaban J connectivity index is 2.64. The lowest BCUT2D eigenvalue weighted by molar-refractivity contribution is 1.45. The molecule has 13 heavy (non-hydrogen) atoms. The number of hydrogen-bond donors (Lipinski definition) is 1. The van der Waals surface area contributed by atoms with Crippen LogP contribution in [0.3, 0.4) is 0 Å². The molecule has 2 heterocycles. The molecule has 2 aromatic heterocycles. The van der Waals surface area contributed by atoms with Crippen LogP contribution >= 0.6 is 22.7 Å². The van der Waals surface area contributed by atoms with E-state index in [-0.39, 0.29) is 0 Å². The zero-order valence-corrected chi connectivity index (χ0v) is 9.26. The Hall–Kier alpha value is -0.800. The fourth-order valence-electron chi connectivity index (χ4n) is 1.38. The van der Waals surface area contributed by atoms with Gasteiger partial charge in [-0.05, 0) is 30.9 Å². The number of aryl methyl sites for hydroxylation is 1. The van der Waals surface area contributed by atoms with E-state index in [0.717, 1.165) is 5.00 Å². The lowest BCUT2D eigenvalue weighted by Gasteiger charge is -1.97.